The van der Waals surface area contributed by atoms with Gasteiger partial charge in [0.25, 0.3) is 5.89 Å². The van der Waals surface area contributed by atoms with E-state index < -0.39 is 6.10 Å². The second-order valence-corrected chi connectivity index (χ2v) is 7.38. The molecule has 2 aromatic heterocycles. The first-order chi connectivity index (χ1) is 14.3. The quantitative estimate of drug-likeness (QED) is 0.582. The van der Waals surface area contributed by atoms with Crippen molar-refractivity contribution in [3.05, 3.63) is 41.1 Å². The van der Waals surface area contributed by atoms with Gasteiger partial charge >= 0.3 is 0 Å². The lowest BCUT2D eigenvalue weighted by Crippen LogP contribution is -2.21. The molecule has 0 bridgehead atoms. The van der Waals surface area contributed by atoms with E-state index in [-0.39, 0.29) is 13.2 Å². The molecule has 0 amide bonds. The van der Waals surface area contributed by atoms with E-state index in [1.54, 1.807) is 0 Å². The third-order valence-electron chi connectivity index (χ3n) is 4.83. The van der Waals surface area contributed by atoms with Crippen molar-refractivity contribution in [2.75, 3.05) is 31.7 Å². The molecule has 2 N–H and O–H groups in total. The zero-order valence-electron chi connectivity index (χ0n) is 18.0. The lowest BCUT2D eigenvalue weighted by Gasteiger charge is -2.16. The maximum Gasteiger partial charge on any atom is 0.258 e. The summed E-state index contributed by atoms with van der Waals surface area (Å²) in [7, 11) is 1.99. The van der Waals surface area contributed by atoms with Crippen molar-refractivity contribution in [2.24, 2.45) is 0 Å². The maximum atomic E-state index is 9.52. The van der Waals surface area contributed by atoms with Crippen LogP contribution < -0.4 is 9.64 Å². The first-order valence-corrected chi connectivity index (χ1v) is 9.89. The summed E-state index contributed by atoms with van der Waals surface area (Å²) >= 11 is 0. The Balaban J connectivity index is 1.89. The summed E-state index contributed by atoms with van der Waals surface area (Å²) < 4.78 is 11.2. The molecule has 0 spiro atoms. The third kappa shape index (κ3) is 4.77. The molecule has 3 aromatic rings. The molecule has 8 nitrogen and oxygen atoms in total. The highest BCUT2D eigenvalue weighted by molar-refractivity contribution is 5.65. The van der Waals surface area contributed by atoms with Crippen LogP contribution in [0.5, 0.6) is 5.75 Å². The summed E-state index contributed by atoms with van der Waals surface area (Å²) in [6.07, 6.45) is -0.913. The Hall–Kier alpha value is -2.97. The maximum absolute atomic E-state index is 9.52. The van der Waals surface area contributed by atoms with E-state index >= 15 is 0 Å². The highest BCUT2D eigenvalue weighted by atomic mass is 16.5. The standard InChI is InChI=1S/C22H28N4O4/c1-6-26(5)19-10-17(9-15(4)23-19)22-24-21(25-30-22)16-7-13(2)20(14(3)8-16)29-12-18(28)11-27/h7-10,18,27-28H,6,11-12H2,1-5H3/t18-/m0/s1. The fraction of sp³-hybridized carbons (Fsp3) is 0.409. The monoisotopic (exact) mass is 412 g/mol. The van der Waals surface area contributed by atoms with Crippen LogP contribution in [0.25, 0.3) is 22.8 Å². The van der Waals surface area contributed by atoms with Gasteiger partial charge in [-0.2, -0.15) is 4.98 Å². The molecule has 0 saturated heterocycles. The summed E-state index contributed by atoms with van der Waals surface area (Å²) in [4.78, 5) is 11.2. The van der Waals surface area contributed by atoms with Crippen LogP contribution >= 0.6 is 0 Å². The van der Waals surface area contributed by atoms with Gasteiger partial charge in [-0.3, -0.25) is 0 Å². The highest BCUT2D eigenvalue weighted by Crippen LogP contribution is 2.31. The minimum absolute atomic E-state index is 0.0276. The van der Waals surface area contributed by atoms with Crippen LogP contribution in [0.1, 0.15) is 23.7 Å². The van der Waals surface area contributed by atoms with Crippen molar-refractivity contribution in [1.29, 1.82) is 0 Å². The fourth-order valence-corrected chi connectivity index (χ4v) is 3.13. The number of anilines is 1. The van der Waals surface area contributed by atoms with Gasteiger partial charge in [-0.25, -0.2) is 4.98 Å². The first kappa shape index (κ1) is 21.7. The number of nitrogens with zero attached hydrogens (tertiary/aromatic N) is 4. The Morgan fingerprint density at radius 1 is 1.07 bits per heavy atom. The van der Waals surface area contributed by atoms with Crippen molar-refractivity contribution < 1.29 is 19.5 Å². The van der Waals surface area contributed by atoms with Gasteiger partial charge in [0.2, 0.25) is 5.82 Å². The summed E-state index contributed by atoms with van der Waals surface area (Å²) in [6.45, 7) is 8.36. The molecule has 0 radical (unpaired) electrons. The third-order valence-corrected chi connectivity index (χ3v) is 4.83. The van der Waals surface area contributed by atoms with Gasteiger partial charge in [0.15, 0.2) is 0 Å². The van der Waals surface area contributed by atoms with Crippen molar-refractivity contribution in [2.45, 2.75) is 33.8 Å². The molecule has 1 atom stereocenters. The number of rotatable bonds is 8. The second kappa shape index (κ2) is 9.23. The van der Waals surface area contributed by atoms with Crippen LogP contribution in [-0.2, 0) is 0 Å². The largest absolute Gasteiger partial charge is 0.490 e. The lowest BCUT2D eigenvalue weighted by atomic mass is 10.1. The van der Waals surface area contributed by atoms with Gasteiger partial charge in [0.1, 0.15) is 24.3 Å². The van der Waals surface area contributed by atoms with Crippen molar-refractivity contribution in [3.63, 3.8) is 0 Å². The lowest BCUT2D eigenvalue weighted by molar-refractivity contribution is 0.0532. The molecule has 0 saturated carbocycles. The van der Waals surface area contributed by atoms with Gasteiger partial charge < -0.3 is 24.4 Å². The molecule has 0 fully saturated rings. The highest BCUT2D eigenvalue weighted by Gasteiger charge is 2.16. The molecular formula is C22H28N4O4. The number of hydrogen-bond donors (Lipinski definition) is 2. The smallest absolute Gasteiger partial charge is 0.258 e. The minimum atomic E-state index is -0.913. The Kier molecular flexibility index (Phi) is 6.69. The van der Waals surface area contributed by atoms with E-state index in [0.717, 1.165) is 40.3 Å². The van der Waals surface area contributed by atoms with Crippen LogP contribution in [0, 0.1) is 20.8 Å². The average Bonchev–Trinajstić information content (AvgIpc) is 3.22. The Morgan fingerprint density at radius 2 is 1.77 bits per heavy atom. The van der Waals surface area contributed by atoms with Crippen LogP contribution in [0.4, 0.5) is 5.82 Å². The van der Waals surface area contributed by atoms with Gasteiger partial charge in [0.05, 0.1) is 6.61 Å². The summed E-state index contributed by atoms with van der Waals surface area (Å²) in [6, 6.07) is 7.69. The SMILES string of the molecule is CCN(C)c1cc(-c2nc(-c3cc(C)c(OC[C@@H](O)CO)c(C)c3)no2)cc(C)n1. The van der Waals surface area contributed by atoms with Crippen LogP contribution in [0.15, 0.2) is 28.8 Å². The Labute approximate surface area is 176 Å². The normalized spacial score (nSPS) is 12.1. The van der Waals surface area contributed by atoms with E-state index in [0.29, 0.717) is 17.5 Å². The summed E-state index contributed by atoms with van der Waals surface area (Å²) in [5.41, 5.74) is 4.27. The molecular weight excluding hydrogens is 384 g/mol. The van der Waals surface area contributed by atoms with Crippen molar-refractivity contribution in [1.82, 2.24) is 15.1 Å². The molecule has 0 aliphatic rings. The molecule has 0 aliphatic heterocycles. The summed E-state index contributed by atoms with van der Waals surface area (Å²) in [5, 5.41) is 22.6. The zero-order chi connectivity index (χ0) is 21.8. The van der Waals surface area contributed by atoms with Gasteiger partial charge in [-0.15, -0.1) is 0 Å². The second-order valence-electron chi connectivity index (χ2n) is 7.38. The van der Waals surface area contributed by atoms with Gasteiger partial charge in [0, 0.05) is 30.4 Å². The number of aliphatic hydroxyl groups is 2. The number of aromatic nitrogens is 3. The predicted octanol–water partition coefficient (Wildman–Crippen LogP) is 2.91. The van der Waals surface area contributed by atoms with E-state index in [4.69, 9.17) is 14.4 Å². The van der Waals surface area contributed by atoms with E-state index in [1.165, 1.54) is 0 Å². The number of hydrogen-bond acceptors (Lipinski definition) is 8. The topological polar surface area (TPSA) is 105 Å². The molecule has 3 rings (SSSR count). The number of benzene rings is 1. The predicted molar refractivity (Wildman–Crippen MR) is 115 cm³/mol. The van der Waals surface area contributed by atoms with Gasteiger partial charge in [-0.05, 0) is 63.1 Å². The molecule has 160 valence electrons. The molecule has 0 unspecified atom stereocenters. The van der Waals surface area contributed by atoms with Crippen LogP contribution in [0.2, 0.25) is 0 Å². The molecule has 1 aromatic carbocycles. The number of aryl methyl sites for hydroxylation is 3. The molecule has 30 heavy (non-hydrogen) atoms. The van der Waals surface area contributed by atoms with Gasteiger partial charge in [-0.1, -0.05) is 5.16 Å². The fourth-order valence-electron chi connectivity index (χ4n) is 3.13. The van der Waals surface area contributed by atoms with Crippen LogP contribution in [0.3, 0.4) is 0 Å². The molecule has 0 aliphatic carbocycles. The van der Waals surface area contributed by atoms with E-state index in [2.05, 4.69) is 22.0 Å². The molecule has 2 heterocycles. The van der Waals surface area contributed by atoms with E-state index in [9.17, 15) is 5.11 Å². The zero-order valence-corrected chi connectivity index (χ0v) is 18.0. The number of aliphatic hydroxyl groups excluding tert-OH is 2. The van der Waals surface area contributed by atoms with Crippen LogP contribution in [-0.4, -0.2) is 58.2 Å². The number of pyridine rings is 1. The summed E-state index contributed by atoms with van der Waals surface area (Å²) in [5.74, 6) is 2.44. The Bertz CT molecular complexity index is 995. The minimum Gasteiger partial charge on any atom is -0.490 e. The van der Waals surface area contributed by atoms with Crippen molar-refractivity contribution >= 4 is 5.82 Å². The molecule has 8 heteroatoms. The first-order valence-electron chi connectivity index (χ1n) is 9.89. The average molecular weight is 412 g/mol. The number of ether oxygens (including phenoxy) is 1. The Morgan fingerprint density at radius 3 is 2.40 bits per heavy atom. The van der Waals surface area contributed by atoms with E-state index in [1.807, 2.05) is 57.0 Å². The van der Waals surface area contributed by atoms with Crippen molar-refractivity contribution in [3.8, 4) is 28.6 Å².